The third-order valence-corrected chi connectivity index (χ3v) is 4.56. The summed E-state index contributed by atoms with van der Waals surface area (Å²) in [5, 5.41) is 8.33. The molecule has 0 bridgehead atoms. The number of benzene rings is 3. The van der Waals surface area contributed by atoms with Crippen molar-refractivity contribution in [1.29, 1.82) is 0 Å². The van der Waals surface area contributed by atoms with Crippen molar-refractivity contribution < 1.29 is 19.4 Å². The standard InChI is InChI=1S/C13H10O.C7H9NO.C6H14N2O2/c14-10-11-6-8-13(9-7-11)12-4-2-1-3-5-12;1-9-7-4-2-6(8)3-5-7;7-4-2-1-3-5(8)6(9)10/h1-10H;2-5H,8H2,1H3;5H,1-4,7-8H2,(H,9,10)/t;;5-/m..0/s1. The van der Waals surface area contributed by atoms with E-state index in [-0.39, 0.29) is 0 Å². The Kier molecular flexibility index (Phi) is 13.3. The molecule has 0 unspecified atom stereocenters. The third kappa shape index (κ3) is 11.5. The molecular formula is C26H33N3O4. The molecule has 0 amide bonds. The number of nitrogens with two attached hydrogens (primary N) is 3. The van der Waals surface area contributed by atoms with Gasteiger partial charge in [0.25, 0.3) is 0 Å². The van der Waals surface area contributed by atoms with E-state index in [4.69, 9.17) is 27.0 Å². The van der Waals surface area contributed by atoms with Crippen LogP contribution in [0.1, 0.15) is 29.6 Å². The monoisotopic (exact) mass is 451 g/mol. The molecule has 7 heteroatoms. The number of hydrogen-bond acceptors (Lipinski definition) is 6. The van der Waals surface area contributed by atoms with E-state index < -0.39 is 12.0 Å². The Morgan fingerprint density at radius 1 is 0.939 bits per heavy atom. The van der Waals surface area contributed by atoms with Gasteiger partial charge in [0.2, 0.25) is 0 Å². The third-order valence-electron chi connectivity index (χ3n) is 4.56. The fraction of sp³-hybridized carbons (Fsp3) is 0.231. The number of hydrogen-bond donors (Lipinski definition) is 4. The van der Waals surface area contributed by atoms with Crippen molar-refractivity contribution in [2.45, 2.75) is 25.3 Å². The molecule has 3 aromatic carbocycles. The van der Waals surface area contributed by atoms with Crippen molar-refractivity contribution >= 4 is 17.9 Å². The highest BCUT2D eigenvalue weighted by Gasteiger charge is 2.09. The molecular weight excluding hydrogens is 418 g/mol. The van der Waals surface area contributed by atoms with Crippen LogP contribution >= 0.6 is 0 Å². The van der Waals surface area contributed by atoms with Crippen molar-refractivity contribution in [3.8, 4) is 16.9 Å². The normalized spacial score (nSPS) is 10.5. The summed E-state index contributed by atoms with van der Waals surface area (Å²) in [4.78, 5) is 20.6. The Bertz CT molecular complexity index is 930. The lowest BCUT2D eigenvalue weighted by atomic mass is 10.0. The summed E-state index contributed by atoms with van der Waals surface area (Å²) in [5.74, 6) is -0.0961. The number of aliphatic carboxylic acids is 1. The average Bonchev–Trinajstić information content (AvgIpc) is 2.86. The van der Waals surface area contributed by atoms with E-state index in [0.29, 0.717) is 18.5 Å². The van der Waals surface area contributed by atoms with Crippen LogP contribution in [-0.2, 0) is 4.79 Å². The van der Waals surface area contributed by atoms with Gasteiger partial charge in [-0.25, -0.2) is 0 Å². The van der Waals surface area contributed by atoms with Crippen LogP contribution in [0.15, 0.2) is 78.9 Å². The summed E-state index contributed by atoms with van der Waals surface area (Å²) in [6.45, 7) is 0.604. The van der Waals surface area contributed by atoms with Crippen molar-refractivity contribution in [3.05, 3.63) is 84.4 Å². The second-order valence-corrected chi connectivity index (χ2v) is 7.11. The number of aldehydes is 1. The first-order valence-electron chi connectivity index (χ1n) is 10.6. The minimum Gasteiger partial charge on any atom is -0.497 e. The van der Waals surface area contributed by atoms with Crippen LogP contribution in [0.2, 0.25) is 0 Å². The first kappa shape index (κ1) is 27.4. The number of rotatable bonds is 8. The molecule has 0 spiro atoms. The van der Waals surface area contributed by atoms with E-state index in [9.17, 15) is 9.59 Å². The van der Waals surface area contributed by atoms with Gasteiger partial charge in [-0.3, -0.25) is 9.59 Å². The van der Waals surface area contributed by atoms with Gasteiger partial charge in [-0.2, -0.15) is 0 Å². The zero-order chi connectivity index (χ0) is 24.5. The molecule has 33 heavy (non-hydrogen) atoms. The van der Waals surface area contributed by atoms with Crippen LogP contribution in [0, 0.1) is 0 Å². The number of carbonyl (C=O) groups is 2. The summed E-state index contributed by atoms with van der Waals surface area (Å²) in [6.07, 6.45) is 3.02. The highest BCUT2D eigenvalue weighted by atomic mass is 16.5. The minimum absolute atomic E-state index is 0.520. The van der Waals surface area contributed by atoms with E-state index in [0.717, 1.165) is 36.1 Å². The molecule has 0 saturated carbocycles. The van der Waals surface area contributed by atoms with Crippen LogP contribution in [0.25, 0.3) is 11.1 Å². The maximum Gasteiger partial charge on any atom is 0.320 e. The first-order valence-corrected chi connectivity index (χ1v) is 10.6. The minimum atomic E-state index is -0.933. The molecule has 0 radical (unpaired) electrons. The molecule has 176 valence electrons. The van der Waals surface area contributed by atoms with E-state index in [1.807, 2.05) is 54.6 Å². The van der Waals surface area contributed by atoms with Crippen LogP contribution in [0.3, 0.4) is 0 Å². The van der Waals surface area contributed by atoms with E-state index in [1.54, 1.807) is 19.2 Å². The van der Waals surface area contributed by atoms with E-state index in [2.05, 4.69) is 12.1 Å². The number of ether oxygens (including phenoxy) is 1. The van der Waals surface area contributed by atoms with Crippen molar-refractivity contribution in [2.75, 3.05) is 19.4 Å². The summed E-state index contributed by atoms with van der Waals surface area (Å²) >= 11 is 0. The Labute approximate surface area is 195 Å². The average molecular weight is 452 g/mol. The molecule has 3 rings (SSSR count). The van der Waals surface area contributed by atoms with Crippen molar-refractivity contribution in [1.82, 2.24) is 0 Å². The molecule has 3 aromatic rings. The molecule has 0 fully saturated rings. The maximum atomic E-state index is 10.5. The van der Waals surface area contributed by atoms with Gasteiger partial charge in [0.15, 0.2) is 0 Å². The first-order chi connectivity index (χ1) is 15.9. The second-order valence-electron chi connectivity index (χ2n) is 7.11. The van der Waals surface area contributed by atoms with Gasteiger partial charge < -0.3 is 27.0 Å². The molecule has 0 aliphatic heterocycles. The van der Waals surface area contributed by atoms with Gasteiger partial charge in [0, 0.05) is 11.3 Å². The fourth-order valence-corrected chi connectivity index (χ4v) is 2.62. The molecule has 1 atom stereocenters. The van der Waals surface area contributed by atoms with Gasteiger partial charge in [-0.15, -0.1) is 0 Å². The smallest absolute Gasteiger partial charge is 0.320 e. The fourth-order valence-electron chi connectivity index (χ4n) is 2.62. The van der Waals surface area contributed by atoms with Crippen LogP contribution in [0.4, 0.5) is 5.69 Å². The largest absolute Gasteiger partial charge is 0.497 e. The molecule has 0 aliphatic rings. The number of carbonyl (C=O) groups excluding carboxylic acids is 1. The van der Waals surface area contributed by atoms with Gasteiger partial charge in [-0.1, -0.05) is 61.0 Å². The Morgan fingerprint density at radius 2 is 1.52 bits per heavy atom. The molecule has 0 aromatic heterocycles. The lowest BCUT2D eigenvalue weighted by Crippen LogP contribution is -2.29. The van der Waals surface area contributed by atoms with Crippen molar-refractivity contribution in [2.24, 2.45) is 11.5 Å². The van der Waals surface area contributed by atoms with Crippen LogP contribution in [0.5, 0.6) is 5.75 Å². The summed E-state index contributed by atoms with van der Waals surface area (Å²) < 4.78 is 4.91. The molecule has 7 nitrogen and oxygen atoms in total. The van der Waals surface area contributed by atoms with Gasteiger partial charge in [0.1, 0.15) is 18.1 Å². The Balaban J connectivity index is 0.000000257. The summed E-state index contributed by atoms with van der Waals surface area (Å²) in [5.41, 5.74) is 19.6. The zero-order valence-corrected chi connectivity index (χ0v) is 18.9. The van der Waals surface area contributed by atoms with Crippen LogP contribution in [-0.4, -0.2) is 37.1 Å². The lowest BCUT2D eigenvalue weighted by Gasteiger charge is -2.03. The summed E-state index contributed by atoms with van der Waals surface area (Å²) in [6, 6.07) is 24.2. The number of nitrogen functional groups attached to an aromatic ring is 1. The van der Waals surface area contributed by atoms with Crippen LogP contribution < -0.4 is 21.9 Å². The zero-order valence-electron chi connectivity index (χ0n) is 18.9. The maximum absolute atomic E-state index is 10.5. The number of methoxy groups -OCH3 is 1. The number of anilines is 1. The Hall–Kier alpha value is -3.68. The number of unbranched alkanes of at least 4 members (excludes halogenated alkanes) is 1. The number of carboxylic acids is 1. The van der Waals surface area contributed by atoms with Gasteiger partial charge in [0.05, 0.1) is 7.11 Å². The molecule has 0 heterocycles. The van der Waals surface area contributed by atoms with Crippen molar-refractivity contribution in [3.63, 3.8) is 0 Å². The highest BCUT2D eigenvalue weighted by Crippen LogP contribution is 2.18. The number of carboxylic acid groups (broad SMARTS) is 1. The lowest BCUT2D eigenvalue weighted by molar-refractivity contribution is -0.138. The topological polar surface area (TPSA) is 142 Å². The van der Waals surface area contributed by atoms with E-state index >= 15 is 0 Å². The Morgan fingerprint density at radius 3 is 2.00 bits per heavy atom. The molecule has 0 aliphatic carbocycles. The predicted molar refractivity (Wildman–Crippen MR) is 133 cm³/mol. The van der Waals surface area contributed by atoms with Gasteiger partial charge >= 0.3 is 5.97 Å². The molecule has 0 saturated heterocycles. The second kappa shape index (κ2) is 16.0. The molecule has 7 N–H and O–H groups in total. The summed E-state index contributed by atoms with van der Waals surface area (Å²) in [7, 11) is 1.63. The SMILES string of the molecule is COc1ccc(N)cc1.NCCCC[C@H](N)C(=O)O.O=Cc1ccc(-c2ccccc2)cc1. The van der Waals surface area contributed by atoms with Gasteiger partial charge in [-0.05, 0) is 54.8 Å². The predicted octanol–water partition coefficient (Wildman–Crippen LogP) is 3.97. The van der Waals surface area contributed by atoms with E-state index in [1.165, 1.54) is 5.56 Å². The highest BCUT2D eigenvalue weighted by molar-refractivity contribution is 5.76. The quantitative estimate of drug-likeness (QED) is 0.231.